The largest absolute Gasteiger partial charge is 0.342 e. The summed E-state index contributed by atoms with van der Waals surface area (Å²) in [7, 11) is -17.8. The van der Waals surface area contributed by atoms with Gasteiger partial charge in [0.05, 0.1) is 30.2 Å². The number of nitrogens with zero attached hydrogens (tertiary/aromatic N) is 2. The number of rotatable bonds is 12. The molecule has 2 aromatic rings. The van der Waals surface area contributed by atoms with E-state index in [0.717, 1.165) is 5.57 Å². The van der Waals surface area contributed by atoms with Gasteiger partial charge in [-0.2, -0.15) is 38.2 Å². The lowest BCUT2D eigenvalue weighted by atomic mass is 9.81. The SMILES string of the molecule is CC(/C=C/C=C1/N(CCS(=O)(=O)O)c2c([124I])cc(S(=O)(=O)O)cc2C1(C)C)=C\C=C\C1=[N+](CCS(=O)(=O)O)c2c([123I])cc(S(=O)(=O)O)cc2C1(C)C. The molecule has 0 saturated carbocycles. The number of benzene rings is 2. The molecule has 4 N–H and O–H groups in total. The number of hydrogen-bond donors (Lipinski definition) is 4. The van der Waals surface area contributed by atoms with Gasteiger partial charge in [0.15, 0.2) is 12.3 Å². The van der Waals surface area contributed by atoms with Crippen LogP contribution in [0.3, 0.4) is 0 Å². The first kappa shape index (κ1) is 42.7. The van der Waals surface area contributed by atoms with Crippen molar-refractivity contribution in [1.29, 1.82) is 0 Å². The molecule has 52 heavy (non-hydrogen) atoms. The van der Waals surface area contributed by atoms with Crippen molar-refractivity contribution in [2.75, 3.05) is 29.5 Å². The van der Waals surface area contributed by atoms with Crippen molar-refractivity contribution in [3.8, 4) is 0 Å². The molecular weight excluding hydrogens is 979 g/mol. The van der Waals surface area contributed by atoms with E-state index in [1.54, 1.807) is 45.9 Å². The Morgan fingerprint density at radius 1 is 0.827 bits per heavy atom. The highest BCUT2D eigenvalue weighted by Crippen LogP contribution is 2.50. The van der Waals surface area contributed by atoms with Crippen molar-refractivity contribution in [3.63, 3.8) is 0 Å². The molecule has 0 aliphatic carbocycles. The van der Waals surface area contributed by atoms with Crippen LogP contribution in [0.15, 0.2) is 81.8 Å². The van der Waals surface area contributed by atoms with Gasteiger partial charge < -0.3 is 4.90 Å². The summed E-state index contributed by atoms with van der Waals surface area (Å²) in [6.45, 7) is 8.82. The van der Waals surface area contributed by atoms with Gasteiger partial charge in [0.1, 0.15) is 5.75 Å². The van der Waals surface area contributed by atoms with Crippen molar-refractivity contribution < 1.29 is 56.5 Å². The zero-order valence-electron chi connectivity index (χ0n) is 28.4. The summed E-state index contributed by atoms with van der Waals surface area (Å²) in [5.74, 6) is -1.19. The fraction of sp³-hybridized carbons (Fsp3) is 0.344. The first-order valence-electron chi connectivity index (χ1n) is 15.3. The van der Waals surface area contributed by atoms with Crippen molar-refractivity contribution in [2.45, 2.75) is 55.2 Å². The van der Waals surface area contributed by atoms with Crippen molar-refractivity contribution in [2.24, 2.45) is 0 Å². The zero-order chi connectivity index (χ0) is 39.4. The van der Waals surface area contributed by atoms with Crippen LogP contribution in [0.1, 0.15) is 45.7 Å². The third-order valence-corrected chi connectivity index (χ3v) is 13.5. The molecule has 0 saturated heterocycles. The Morgan fingerprint density at radius 2 is 1.38 bits per heavy atom. The van der Waals surface area contributed by atoms with Gasteiger partial charge in [-0.1, -0.05) is 43.7 Å². The number of hydrogen-bond acceptors (Lipinski definition) is 9. The predicted molar refractivity (Wildman–Crippen MR) is 214 cm³/mol. The van der Waals surface area contributed by atoms with Gasteiger partial charge in [0.2, 0.25) is 5.69 Å². The van der Waals surface area contributed by atoms with E-state index in [9.17, 15) is 51.9 Å². The third kappa shape index (κ3) is 9.42. The second kappa shape index (κ2) is 14.9. The molecule has 2 heterocycles. The van der Waals surface area contributed by atoms with Crippen LogP contribution in [-0.4, -0.2) is 86.8 Å². The molecule has 0 unspecified atom stereocenters. The van der Waals surface area contributed by atoms with Crippen LogP contribution in [0.25, 0.3) is 0 Å². The lowest BCUT2D eigenvalue weighted by molar-refractivity contribution is -0.432. The van der Waals surface area contributed by atoms with Crippen molar-refractivity contribution >= 4 is 103 Å². The standard InChI is InChI=1S/C32H36I2N2O12S4/c1-20(8-6-10-27-31(2,3)23-16-21(51(43,44)45)18-25(33)29(23)35(27)12-14-49(37,38)39)9-7-11-28-32(4,5)24-17-22(52(46,47)48)19-26(34)30(24)36(28)13-15-50(40,41)42/h6-11,16-19H,12-15H2,1-5H3,(H3-,37,38,39,40,41,42,43,44,45,46,47,48)/p+1/i33-4,34-3. The molecule has 4 rings (SSSR count). The van der Waals surface area contributed by atoms with E-state index in [0.29, 0.717) is 41.1 Å². The van der Waals surface area contributed by atoms with Gasteiger partial charge in [-0.3, -0.25) is 18.2 Å². The van der Waals surface area contributed by atoms with Crippen molar-refractivity contribution in [3.05, 3.63) is 90.3 Å². The molecule has 0 radical (unpaired) electrons. The number of fused-ring (bicyclic) bond motifs is 2. The Morgan fingerprint density at radius 3 is 1.94 bits per heavy atom. The second-order valence-corrected chi connectivity index (χ2v) is 21.6. The van der Waals surface area contributed by atoms with E-state index in [4.69, 9.17) is 0 Å². The maximum absolute atomic E-state index is 12.0. The van der Waals surface area contributed by atoms with Gasteiger partial charge in [0.25, 0.3) is 40.5 Å². The maximum atomic E-state index is 12.0. The van der Waals surface area contributed by atoms with Crippen LogP contribution < -0.4 is 4.90 Å². The summed E-state index contributed by atoms with van der Waals surface area (Å²) in [6.07, 6.45) is 10.5. The minimum atomic E-state index is -4.54. The topological polar surface area (TPSA) is 224 Å². The Labute approximate surface area is 331 Å². The minimum absolute atomic E-state index is 0.136. The number of halogens is 2. The third-order valence-electron chi connectivity index (χ3n) is 8.79. The first-order valence-corrected chi connectivity index (χ1v) is 23.5. The highest BCUT2D eigenvalue weighted by molar-refractivity contribution is 14.1. The lowest BCUT2D eigenvalue weighted by Crippen LogP contribution is -2.30. The molecule has 20 heteroatoms. The Hall–Kier alpha value is -2.03. The Bertz CT molecular complexity index is 2450. The summed E-state index contributed by atoms with van der Waals surface area (Å²) < 4.78 is 136. The van der Waals surface area contributed by atoms with Gasteiger partial charge in [0, 0.05) is 32.9 Å². The summed E-state index contributed by atoms with van der Waals surface area (Å²) in [4.78, 5) is 1.07. The highest BCUT2D eigenvalue weighted by atomic mass is 124. The average molecular weight is 1020 g/mol. The molecule has 284 valence electrons. The predicted octanol–water partition coefficient (Wildman–Crippen LogP) is 5.28. The van der Waals surface area contributed by atoms with Crippen LogP contribution in [0, 0.1) is 7.14 Å². The van der Waals surface area contributed by atoms with E-state index in [1.165, 1.54) is 24.3 Å². The molecular formula is C32H37I2N2O12S4+. The van der Waals surface area contributed by atoms with E-state index in [2.05, 4.69) is 0 Å². The van der Waals surface area contributed by atoms with E-state index >= 15 is 0 Å². The molecule has 0 aromatic heterocycles. The van der Waals surface area contributed by atoms with Gasteiger partial charge in [-0.05, 0) is 102 Å². The van der Waals surface area contributed by atoms with Crippen LogP contribution in [0.5, 0.6) is 0 Å². The maximum Gasteiger partial charge on any atom is 0.294 e. The van der Waals surface area contributed by atoms with Crippen LogP contribution in [-0.2, 0) is 51.3 Å². The smallest absolute Gasteiger partial charge is 0.294 e. The van der Waals surface area contributed by atoms with Crippen LogP contribution in [0.4, 0.5) is 11.4 Å². The molecule has 0 amide bonds. The summed E-state index contributed by atoms with van der Waals surface area (Å²) in [5.41, 5.74) is 2.41. The second-order valence-electron chi connectivity index (χ2n) is 13.2. The molecule has 0 bridgehead atoms. The highest BCUT2D eigenvalue weighted by Gasteiger charge is 2.47. The number of anilines is 1. The normalized spacial score (nSPS) is 18.6. The molecule has 2 aliphatic rings. The number of allylic oxidation sites excluding steroid dienone is 8. The minimum Gasteiger partial charge on any atom is -0.342 e. The quantitative estimate of drug-likeness (QED) is 0.0921. The van der Waals surface area contributed by atoms with E-state index in [1.807, 2.05) is 79.8 Å². The molecule has 0 spiro atoms. The first-order chi connectivity index (χ1) is 23.6. The monoisotopic (exact) mass is 1020 g/mol. The van der Waals surface area contributed by atoms with Gasteiger partial charge >= 0.3 is 0 Å². The van der Waals surface area contributed by atoms with E-state index < -0.39 is 62.8 Å². The molecule has 14 nitrogen and oxygen atoms in total. The average Bonchev–Trinajstić information content (AvgIpc) is 3.32. The fourth-order valence-corrected chi connectivity index (χ4v) is 10.4. The van der Waals surface area contributed by atoms with Gasteiger partial charge in [-0.25, -0.2) is 0 Å². The van der Waals surface area contributed by atoms with Crippen LogP contribution >= 0.6 is 45.2 Å². The Balaban J connectivity index is 1.73. The molecule has 0 fully saturated rings. The molecule has 2 aromatic carbocycles. The van der Waals surface area contributed by atoms with Gasteiger partial charge in [-0.15, -0.1) is 0 Å². The van der Waals surface area contributed by atoms with E-state index in [-0.39, 0.29) is 22.9 Å². The fourth-order valence-electron chi connectivity index (χ4n) is 6.25. The zero-order valence-corrected chi connectivity index (χ0v) is 36.0. The molecule has 2 aliphatic heterocycles. The summed E-state index contributed by atoms with van der Waals surface area (Å²) in [5, 5.41) is 0. The Kier molecular flexibility index (Phi) is 12.2. The summed E-state index contributed by atoms with van der Waals surface area (Å²) in [6, 6.07) is 5.25. The molecule has 0 atom stereocenters. The lowest BCUT2D eigenvalue weighted by Gasteiger charge is -2.26. The summed E-state index contributed by atoms with van der Waals surface area (Å²) >= 11 is 3.83. The van der Waals surface area contributed by atoms with Crippen LogP contribution in [0.2, 0.25) is 0 Å². The van der Waals surface area contributed by atoms with Crippen molar-refractivity contribution in [1.82, 2.24) is 0 Å².